The molecule has 0 amide bonds. The van der Waals surface area contributed by atoms with Gasteiger partial charge in [-0.25, -0.2) is 0 Å². The van der Waals surface area contributed by atoms with E-state index in [1.807, 2.05) is 0 Å². The first-order valence-electron chi connectivity index (χ1n) is 4.37. The Balaban J connectivity index is 2.58. The molecule has 70 valence electrons. The van der Waals surface area contributed by atoms with Gasteiger partial charge in [-0.2, -0.15) is 0 Å². The molecule has 0 radical (unpaired) electrons. The molecular weight excluding hydrogens is 294 g/mol. The fraction of sp³-hybridized carbons (Fsp3) is 0.400. The van der Waals surface area contributed by atoms with E-state index in [2.05, 4.69) is 56.2 Å². The third-order valence-corrected chi connectivity index (χ3v) is 4.25. The van der Waals surface area contributed by atoms with Crippen molar-refractivity contribution in [1.82, 2.24) is 0 Å². The molecule has 1 nitrogen and oxygen atoms in total. The third kappa shape index (κ3) is 1.64. The number of rotatable bonds is 0. The van der Waals surface area contributed by atoms with Gasteiger partial charge < -0.3 is 5.32 Å². The van der Waals surface area contributed by atoms with Crippen LogP contribution in [0.15, 0.2) is 16.6 Å². The van der Waals surface area contributed by atoms with Crippen LogP contribution in [0.25, 0.3) is 0 Å². The predicted octanol–water partition coefficient (Wildman–Crippen LogP) is 4.01. The Hall–Kier alpha value is -0.0200. The van der Waals surface area contributed by atoms with E-state index < -0.39 is 0 Å². The number of halogens is 2. The monoisotopic (exact) mass is 303 g/mol. The molecule has 0 fully saturated rings. The average molecular weight is 305 g/mol. The summed E-state index contributed by atoms with van der Waals surface area (Å²) in [4.78, 5) is 0.501. The molecule has 13 heavy (non-hydrogen) atoms. The van der Waals surface area contributed by atoms with E-state index in [-0.39, 0.29) is 0 Å². The highest BCUT2D eigenvalue weighted by molar-refractivity contribution is 9.10. The number of nitrogens with one attached hydrogen (secondary N) is 1. The molecule has 0 aliphatic carbocycles. The van der Waals surface area contributed by atoms with Gasteiger partial charge in [-0.15, -0.1) is 0 Å². The molecule has 1 atom stereocenters. The van der Waals surface area contributed by atoms with Crippen LogP contribution in [-0.4, -0.2) is 6.54 Å². The fourth-order valence-corrected chi connectivity index (χ4v) is 2.90. The van der Waals surface area contributed by atoms with Crippen LogP contribution in [0, 0.1) is 6.92 Å². The summed E-state index contributed by atoms with van der Waals surface area (Å²) in [6, 6.07) is 4.24. The van der Waals surface area contributed by atoms with Crippen molar-refractivity contribution in [2.45, 2.75) is 18.2 Å². The second kappa shape index (κ2) is 3.62. The quantitative estimate of drug-likeness (QED) is 0.714. The Labute approximate surface area is 95.2 Å². The lowest BCUT2D eigenvalue weighted by molar-refractivity contribution is 0.815. The van der Waals surface area contributed by atoms with Gasteiger partial charge >= 0.3 is 0 Å². The number of benzene rings is 1. The molecule has 3 heteroatoms. The van der Waals surface area contributed by atoms with E-state index in [9.17, 15) is 0 Å². The first kappa shape index (κ1) is 9.53. The van der Waals surface area contributed by atoms with Gasteiger partial charge in [0, 0.05) is 21.5 Å². The summed E-state index contributed by atoms with van der Waals surface area (Å²) in [5, 5.41) is 3.41. The lowest BCUT2D eigenvalue weighted by Crippen LogP contribution is -2.14. The Morgan fingerprint density at radius 2 is 2.23 bits per heavy atom. The van der Waals surface area contributed by atoms with E-state index in [1.165, 1.54) is 21.3 Å². The first-order chi connectivity index (χ1) is 6.20. The molecule has 0 bridgehead atoms. The molecule has 0 saturated carbocycles. The molecule has 0 aromatic heterocycles. The van der Waals surface area contributed by atoms with Crippen LogP contribution in [0.5, 0.6) is 0 Å². The number of fused-ring (bicyclic) bond motifs is 1. The minimum absolute atomic E-state index is 0.501. The van der Waals surface area contributed by atoms with Gasteiger partial charge in [0.1, 0.15) is 0 Å². The molecule has 1 aromatic rings. The second-order valence-corrected chi connectivity index (χ2v) is 5.28. The second-order valence-electron chi connectivity index (χ2n) is 3.32. The van der Waals surface area contributed by atoms with Gasteiger partial charge in [-0.1, -0.05) is 31.9 Å². The fourth-order valence-electron chi connectivity index (χ4n) is 1.74. The normalized spacial score (nSPS) is 20.7. The minimum atomic E-state index is 0.501. The van der Waals surface area contributed by atoms with Crippen LogP contribution >= 0.6 is 31.9 Å². The third-order valence-electron chi connectivity index (χ3n) is 2.48. The Morgan fingerprint density at radius 3 is 3.00 bits per heavy atom. The SMILES string of the molecule is Cc1c(Br)ccc2c1C(Br)CCN2. The molecule has 1 aliphatic rings. The van der Waals surface area contributed by atoms with Gasteiger partial charge in [-0.05, 0) is 36.6 Å². The first-order valence-corrected chi connectivity index (χ1v) is 6.08. The van der Waals surface area contributed by atoms with Crippen molar-refractivity contribution in [3.63, 3.8) is 0 Å². The molecule has 1 unspecified atom stereocenters. The molecule has 1 aromatic carbocycles. The molecule has 2 rings (SSSR count). The van der Waals surface area contributed by atoms with Crippen LogP contribution in [0.2, 0.25) is 0 Å². The zero-order chi connectivity index (χ0) is 9.42. The zero-order valence-corrected chi connectivity index (χ0v) is 10.6. The molecule has 1 aliphatic heterocycles. The Kier molecular flexibility index (Phi) is 2.65. The molecule has 1 heterocycles. The standard InChI is InChI=1S/C10H11Br2N/c1-6-7(11)2-3-9-10(6)8(12)4-5-13-9/h2-3,8,13H,4-5H2,1H3. The van der Waals surface area contributed by atoms with E-state index in [1.54, 1.807) is 0 Å². The predicted molar refractivity (Wildman–Crippen MR) is 63.7 cm³/mol. The summed E-state index contributed by atoms with van der Waals surface area (Å²) in [7, 11) is 0. The van der Waals surface area contributed by atoms with Crippen LogP contribution < -0.4 is 5.32 Å². The van der Waals surface area contributed by atoms with Crippen molar-refractivity contribution in [3.05, 3.63) is 27.7 Å². The van der Waals surface area contributed by atoms with Gasteiger partial charge in [0.25, 0.3) is 0 Å². The summed E-state index contributed by atoms with van der Waals surface area (Å²) < 4.78 is 1.19. The van der Waals surface area contributed by atoms with Gasteiger partial charge in [0.2, 0.25) is 0 Å². The maximum Gasteiger partial charge on any atom is 0.0435 e. The highest BCUT2D eigenvalue weighted by Crippen LogP contribution is 2.40. The molecule has 0 spiro atoms. The summed E-state index contributed by atoms with van der Waals surface area (Å²) >= 11 is 7.26. The van der Waals surface area contributed by atoms with Crippen molar-refractivity contribution in [2.75, 3.05) is 11.9 Å². The summed E-state index contributed by atoms with van der Waals surface area (Å²) in [6.07, 6.45) is 1.16. The molecular formula is C10H11Br2N. The molecule has 0 saturated heterocycles. The van der Waals surface area contributed by atoms with Crippen LogP contribution in [0.3, 0.4) is 0 Å². The highest BCUT2D eigenvalue weighted by atomic mass is 79.9. The highest BCUT2D eigenvalue weighted by Gasteiger charge is 2.20. The number of alkyl halides is 1. The van der Waals surface area contributed by atoms with Crippen LogP contribution in [0.1, 0.15) is 22.4 Å². The molecule has 1 N–H and O–H groups in total. The van der Waals surface area contributed by atoms with E-state index >= 15 is 0 Å². The largest absolute Gasteiger partial charge is 0.385 e. The summed E-state index contributed by atoms with van der Waals surface area (Å²) in [5.41, 5.74) is 4.01. The maximum absolute atomic E-state index is 3.71. The lowest BCUT2D eigenvalue weighted by atomic mass is 9.98. The van der Waals surface area contributed by atoms with Crippen molar-refractivity contribution in [2.24, 2.45) is 0 Å². The van der Waals surface area contributed by atoms with Crippen molar-refractivity contribution in [1.29, 1.82) is 0 Å². The van der Waals surface area contributed by atoms with Gasteiger partial charge in [0.05, 0.1) is 0 Å². The van der Waals surface area contributed by atoms with Crippen LogP contribution in [-0.2, 0) is 0 Å². The summed E-state index contributed by atoms with van der Waals surface area (Å²) in [6.45, 7) is 3.22. The van der Waals surface area contributed by atoms with E-state index in [0.29, 0.717) is 4.83 Å². The van der Waals surface area contributed by atoms with Crippen molar-refractivity contribution >= 4 is 37.5 Å². The van der Waals surface area contributed by atoms with Gasteiger partial charge in [0.15, 0.2) is 0 Å². The zero-order valence-electron chi connectivity index (χ0n) is 7.40. The van der Waals surface area contributed by atoms with Crippen molar-refractivity contribution < 1.29 is 0 Å². The summed E-state index contributed by atoms with van der Waals surface area (Å²) in [5.74, 6) is 0. The van der Waals surface area contributed by atoms with Gasteiger partial charge in [-0.3, -0.25) is 0 Å². The number of anilines is 1. The Morgan fingerprint density at radius 1 is 1.46 bits per heavy atom. The van der Waals surface area contributed by atoms with E-state index in [4.69, 9.17) is 0 Å². The number of hydrogen-bond donors (Lipinski definition) is 1. The number of hydrogen-bond acceptors (Lipinski definition) is 1. The Bertz CT molecular complexity index is 336. The topological polar surface area (TPSA) is 12.0 Å². The van der Waals surface area contributed by atoms with Crippen LogP contribution in [0.4, 0.5) is 5.69 Å². The minimum Gasteiger partial charge on any atom is -0.385 e. The maximum atomic E-state index is 3.71. The van der Waals surface area contributed by atoms with E-state index in [0.717, 1.165) is 13.0 Å². The smallest absolute Gasteiger partial charge is 0.0435 e. The van der Waals surface area contributed by atoms with Crippen molar-refractivity contribution in [3.8, 4) is 0 Å². The lowest BCUT2D eigenvalue weighted by Gasteiger charge is -2.25. The average Bonchev–Trinajstić information content (AvgIpc) is 2.12.